The van der Waals surface area contributed by atoms with Gasteiger partial charge in [-0.15, -0.1) is 0 Å². The average molecular weight is 268 g/mol. The van der Waals surface area contributed by atoms with Gasteiger partial charge < -0.3 is 4.74 Å². The zero-order valence-electron chi connectivity index (χ0n) is 13.5. The average Bonchev–Trinajstić information content (AvgIpc) is 3.16. The molecule has 1 heteroatoms. The maximum Gasteiger partial charge on any atom is 0.0841 e. The fourth-order valence-corrected chi connectivity index (χ4v) is 2.94. The largest absolute Gasteiger partial charge is 0.370 e. The number of rotatable bonds is 14. The summed E-state index contributed by atoms with van der Waals surface area (Å²) >= 11 is 0. The fraction of sp³-hybridized carbons (Fsp3) is 1.00. The molecule has 1 aliphatic heterocycles. The van der Waals surface area contributed by atoms with Gasteiger partial charge in [-0.2, -0.15) is 0 Å². The van der Waals surface area contributed by atoms with E-state index in [9.17, 15) is 0 Å². The molecular formula is C18H36O. The van der Waals surface area contributed by atoms with Crippen molar-refractivity contribution in [2.75, 3.05) is 0 Å². The monoisotopic (exact) mass is 268 g/mol. The molecule has 0 N–H and O–H groups in total. The van der Waals surface area contributed by atoms with Gasteiger partial charge >= 0.3 is 0 Å². The Morgan fingerprint density at radius 3 is 1.37 bits per heavy atom. The first-order valence-electron chi connectivity index (χ1n) is 9.04. The Morgan fingerprint density at radius 1 is 0.526 bits per heavy atom. The lowest BCUT2D eigenvalue weighted by Crippen LogP contribution is -1.94. The number of ether oxygens (including phenoxy) is 1. The Balaban J connectivity index is 1.74. The minimum absolute atomic E-state index is 0.640. The van der Waals surface area contributed by atoms with Gasteiger partial charge in [0.05, 0.1) is 12.2 Å². The van der Waals surface area contributed by atoms with Gasteiger partial charge in [-0.25, -0.2) is 0 Å². The number of unbranched alkanes of at least 4 members (excludes halogenated alkanes) is 10. The van der Waals surface area contributed by atoms with E-state index >= 15 is 0 Å². The highest BCUT2D eigenvalue weighted by Crippen LogP contribution is 2.31. The molecule has 0 aromatic heterocycles. The highest BCUT2D eigenvalue weighted by Gasteiger charge is 2.36. The Hall–Kier alpha value is -0.0400. The Labute approximate surface area is 121 Å². The third-order valence-electron chi connectivity index (χ3n) is 4.37. The summed E-state index contributed by atoms with van der Waals surface area (Å²) < 4.78 is 5.76. The van der Waals surface area contributed by atoms with E-state index < -0.39 is 0 Å². The molecule has 1 rings (SSSR count). The first-order chi connectivity index (χ1) is 9.38. The minimum atomic E-state index is 0.640. The van der Waals surface area contributed by atoms with E-state index in [-0.39, 0.29) is 0 Å². The predicted molar refractivity (Wildman–Crippen MR) is 84.6 cm³/mol. The van der Waals surface area contributed by atoms with Crippen LogP contribution in [0.2, 0.25) is 0 Å². The lowest BCUT2D eigenvalue weighted by atomic mass is 10.0. The van der Waals surface area contributed by atoms with Gasteiger partial charge in [0.1, 0.15) is 0 Å². The van der Waals surface area contributed by atoms with E-state index in [2.05, 4.69) is 13.8 Å². The van der Waals surface area contributed by atoms with Crippen molar-refractivity contribution in [3.05, 3.63) is 0 Å². The second-order valence-corrected chi connectivity index (χ2v) is 6.33. The Morgan fingerprint density at radius 2 is 0.895 bits per heavy atom. The molecule has 1 saturated heterocycles. The van der Waals surface area contributed by atoms with Crippen LogP contribution >= 0.6 is 0 Å². The van der Waals surface area contributed by atoms with E-state index in [0.29, 0.717) is 12.2 Å². The van der Waals surface area contributed by atoms with Crippen molar-refractivity contribution < 1.29 is 4.74 Å². The van der Waals surface area contributed by atoms with Gasteiger partial charge in [-0.1, -0.05) is 90.9 Å². The van der Waals surface area contributed by atoms with Gasteiger partial charge in [0.2, 0.25) is 0 Å². The van der Waals surface area contributed by atoms with Crippen LogP contribution in [-0.2, 0) is 4.74 Å². The number of epoxide rings is 1. The molecule has 0 amide bonds. The summed E-state index contributed by atoms with van der Waals surface area (Å²) in [5.41, 5.74) is 0. The van der Waals surface area contributed by atoms with E-state index in [1.54, 1.807) is 0 Å². The van der Waals surface area contributed by atoms with Crippen LogP contribution in [0.3, 0.4) is 0 Å². The summed E-state index contributed by atoms with van der Waals surface area (Å²) in [6.45, 7) is 4.56. The van der Waals surface area contributed by atoms with Crippen molar-refractivity contribution in [3.63, 3.8) is 0 Å². The van der Waals surface area contributed by atoms with Crippen molar-refractivity contribution >= 4 is 0 Å². The maximum absolute atomic E-state index is 5.76. The van der Waals surface area contributed by atoms with Crippen LogP contribution in [0.1, 0.15) is 104 Å². The van der Waals surface area contributed by atoms with Gasteiger partial charge in [-0.3, -0.25) is 0 Å². The van der Waals surface area contributed by atoms with Crippen molar-refractivity contribution in [2.24, 2.45) is 0 Å². The molecule has 0 bridgehead atoms. The molecule has 114 valence electrons. The van der Waals surface area contributed by atoms with Gasteiger partial charge in [0, 0.05) is 0 Å². The third kappa shape index (κ3) is 9.49. The van der Waals surface area contributed by atoms with Gasteiger partial charge in [0.25, 0.3) is 0 Å². The molecule has 0 unspecified atom stereocenters. The minimum Gasteiger partial charge on any atom is -0.370 e. The molecule has 19 heavy (non-hydrogen) atoms. The topological polar surface area (TPSA) is 12.5 Å². The van der Waals surface area contributed by atoms with E-state index in [4.69, 9.17) is 4.74 Å². The van der Waals surface area contributed by atoms with Crippen LogP contribution in [0.15, 0.2) is 0 Å². The molecule has 2 atom stereocenters. The SMILES string of the molecule is CCCCCCCCCC[C@H]1O[C@H]1CCCCCC. The quantitative estimate of drug-likeness (QED) is 0.268. The summed E-state index contributed by atoms with van der Waals surface area (Å²) in [7, 11) is 0. The number of hydrogen-bond acceptors (Lipinski definition) is 1. The molecule has 0 spiro atoms. The van der Waals surface area contributed by atoms with Crippen LogP contribution in [0.5, 0.6) is 0 Å². The summed E-state index contributed by atoms with van der Waals surface area (Å²) in [6, 6.07) is 0. The van der Waals surface area contributed by atoms with E-state index in [1.165, 1.54) is 89.9 Å². The lowest BCUT2D eigenvalue weighted by molar-refractivity contribution is 0.348. The smallest absolute Gasteiger partial charge is 0.0841 e. The van der Waals surface area contributed by atoms with Crippen molar-refractivity contribution in [1.82, 2.24) is 0 Å². The van der Waals surface area contributed by atoms with Crippen LogP contribution in [0.25, 0.3) is 0 Å². The molecule has 0 aliphatic carbocycles. The Kier molecular flexibility index (Phi) is 10.5. The van der Waals surface area contributed by atoms with Crippen molar-refractivity contribution in [3.8, 4) is 0 Å². The molecule has 0 aromatic carbocycles. The summed E-state index contributed by atoms with van der Waals surface area (Å²) in [4.78, 5) is 0. The first-order valence-corrected chi connectivity index (χ1v) is 9.04. The molecule has 0 saturated carbocycles. The second kappa shape index (κ2) is 11.8. The van der Waals surface area contributed by atoms with Gasteiger partial charge in [0.15, 0.2) is 0 Å². The number of hydrogen-bond donors (Lipinski definition) is 0. The first kappa shape index (κ1) is 17.0. The molecule has 0 radical (unpaired) electrons. The highest BCUT2D eigenvalue weighted by molar-refractivity contribution is 4.84. The van der Waals surface area contributed by atoms with Crippen LogP contribution in [0, 0.1) is 0 Å². The summed E-state index contributed by atoms with van der Waals surface area (Å²) in [6.07, 6.45) is 20.8. The van der Waals surface area contributed by atoms with Crippen LogP contribution < -0.4 is 0 Å². The van der Waals surface area contributed by atoms with Gasteiger partial charge in [-0.05, 0) is 12.8 Å². The summed E-state index contributed by atoms with van der Waals surface area (Å²) in [5, 5.41) is 0. The molecule has 1 fully saturated rings. The molecular weight excluding hydrogens is 232 g/mol. The predicted octanol–water partition coefficient (Wildman–Crippen LogP) is 6.26. The highest BCUT2D eigenvalue weighted by atomic mass is 16.6. The lowest BCUT2D eigenvalue weighted by Gasteiger charge is -2.00. The second-order valence-electron chi connectivity index (χ2n) is 6.33. The standard InChI is InChI=1S/C18H36O/c1-3-5-7-9-10-11-12-14-16-18-17(19-18)15-13-8-6-4-2/h17-18H,3-16H2,1-2H3/t17-,18+/m0/s1. The van der Waals surface area contributed by atoms with E-state index in [1.807, 2.05) is 0 Å². The Bertz CT molecular complexity index is 190. The molecule has 1 nitrogen and oxygen atoms in total. The summed E-state index contributed by atoms with van der Waals surface area (Å²) in [5.74, 6) is 0. The zero-order valence-corrected chi connectivity index (χ0v) is 13.5. The van der Waals surface area contributed by atoms with Crippen molar-refractivity contribution in [2.45, 2.75) is 116 Å². The van der Waals surface area contributed by atoms with Crippen LogP contribution in [-0.4, -0.2) is 12.2 Å². The normalized spacial score (nSPS) is 21.8. The molecule has 0 aromatic rings. The van der Waals surface area contributed by atoms with Crippen molar-refractivity contribution in [1.29, 1.82) is 0 Å². The fourth-order valence-electron chi connectivity index (χ4n) is 2.94. The molecule has 1 heterocycles. The van der Waals surface area contributed by atoms with E-state index in [0.717, 1.165) is 0 Å². The maximum atomic E-state index is 5.76. The third-order valence-corrected chi connectivity index (χ3v) is 4.37. The van der Waals surface area contributed by atoms with Crippen LogP contribution in [0.4, 0.5) is 0 Å². The zero-order chi connectivity index (χ0) is 13.8. The molecule has 1 aliphatic rings.